The van der Waals surface area contributed by atoms with Crippen LogP contribution in [0.1, 0.15) is 19.9 Å². The van der Waals surface area contributed by atoms with Gasteiger partial charge in [0.05, 0.1) is 11.8 Å². The number of anilines is 1. The standard InChI is InChI=1S/C11H14N6O2/c1-5-6(2)17-7-8(12-10(17)16(4)14-5)15(3)11(19)13-9(7)18/h6H,1-4H3,(H,13,18,19). The maximum Gasteiger partial charge on any atom is 0.329 e. The average molecular weight is 262 g/mol. The summed E-state index contributed by atoms with van der Waals surface area (Å²) in [7, 11) is 3.34. The maximum atomic E-state index is 12.1. The predicted octanol–water partition coefficient (Wildman–Crippen LogP) is -0.190. The number of hydrazone groups is 1. The third kappa shape index (κ3) is 1.39. The first-order chi connectivity index (χ1) is 8.91. The lowest BCUT2D eigenvalue weighted by Crippen LogP contribution is -2.32. The van der Waals surface area contributed by atoms with Crippen LogP contribution < -0.4 is 16.3 Å². The second-order valence-corrected chi connectivity index (χ2v) is 4.71. The van der Waals surface area contributed by atoms with Crippen molar-refractivity contribution in [2.45, 2.75) is 19.9 Å². The molecule has 19 heavy (non-hydrogen) atoms. The van der Waals surface area contributed by atoms with Gasteiger partial charge in [0.1, 0.15) is 0 Å². The molecule has 0 aliphatic carbocycles. The number of nitrogens with zero attached hydrogens (tertiary/aromatic N) is 5. The highest BCUT2D eigenvalue weighted by Gasteiger charge is 2.27. The van der Waals surface area contributed by atoms with E-state index in [0.717, 1.165) is 5.71 Å². The molecule has 1 N–H and O–H groups in total. The molecule has 1 atom stereocenters. The normalized spacial score (nSPS) is 18.6. The van der Waals surface area contributed by atoms with Gasteiger partial charge in [-0.05, 0) is 13.8 Å². The molecular formula is C11H14N6O2. The zero-order valence-corrected chi connectivity index (χ0v) is 11.1. The van der Waals surface area contributed by atoms with E-state index in [0.29, 0.717) is 17.1 Å². The fraction of sp³-hybridized carbons (Fsp3) is 0.455. The number of fused-ring (bicyclic) bond motifs is 3. The summed E-state index contributed by atoms with van der Waals surface area (Å²) < 4.78 is 3.13. The first-order valence-corrected chi connectivity index (χ1v) is 5.92. The van der Waals surface area contributed by atoms with E-state index in [1.807, 2.05) is 13.8 Å². The number of rotatable bonds is 0. The third-order valence-electron chi connectivity index (χ3n) is 3.52. The summed E-state index contributed by atoms with van der Waals surface area (Å²) in [5, 5.41) is 5.96. The first kappa shape index (κ1) is 11.7. The SMILES string of the molecule is CC1=NN(C)c2nc3c(c(=O)[nH]c(=O)n3C)n2C1C. The highest BCUT2D eigenvalue weighted by atomic mass is 16.2. The van der Waals surface area contributed by atoms with Crippen LogP contribution in [0.4, 0.5) is 5.95 Å². The van der Waals surface area contributed by atoms with Crippen molar-refractivity contribution >= 4 is 22.8 Å². The minimum Gasteiger partial charge on any atom is -0.294 e. The molecule has 1 aliphatic heterocycles. The Balaban J connectivity index is 2.51. The van der Waals surface area contributed by atoms with Crippen molar-refractivity contribution in [3.8, 4) is 0 Å². The van der Waals surface area contributed by atoms with E-state index < -0.39 is 11.2 Å². The predicted molar refractivity (Wildman–Crippen MR) is 71.8 cm³/mol. The Morgan fingerprint density at radius 3 is 2.63 bits per heavy atom. The molecule has 0 saturated heterocycles. The zero-order chi connectivity index (χ0) is 13.9. The molecule has 8 heteroatoms. The second kappa shape index (κ2) is 3.56. The number of imidazole rings is 1. The van der Waals surface area contributed by atoms with E-state index in [9.17, 15) is 9.59 Å². The molecule has 0 saturated carbocycles. The molecule has 0 bridgehead atoms. The lowest BCUT2D eigenvalue weighted by atomic mass is 10.2. The molecule has 2 aromatic rings. The van der Waals surface area contributed by atoms with Gasteiger partial charge in [0.15, 0.2) is 11.2 Å². The van der Waals surface area contributed by atoms with Crippen molar-refractivity contribution in [1.29, 1.82) is 0 Å². The summed E-state index contributed by atoms with van der Waals surface area (Å²) in [5.41, 5.74) is 0.744. The Morgan fingerprint density at radius 2 is 1.95 bits per heavy atom. The summed E-state index contributed by atoms with van der Waals surface area (Å²) in [6.07, 6.45) is 0. The molecule has 1 aliphatic rings. The molecule has 2 aromatic heterocycles. The van der Waals surface area contributed by atoms with Crippen LogP contribution in [0, 0.1) is 0 Å². The van der Waals surface area contributed by atoms with Gasteiger partial charge in [-0.2, -0.15) is 10.1 Å². The van der Waals surface area contributed by atoms with Crippen LogP contribution in [0.3, 0.4) is 0 Å². The highest BCUT2D eigenvalue weighted by Crippen LogP contribution is 2.28. The molecule has 0 amide bonds. The van der Waals surface area contributed by atoms with Gasteiger partial charge >= 0.3 is 5.69 Å². The van der Waals surface area contributed by atoms with E-state index >= 15 is 0 Å². The Morgan fingerprint density at radius 1 is 1.26 bits per heavy atom. The monoisotopic (exact) mass is 262 g/mol. The van der Waals surface area contributed by atoms with Crippen molar-refractivity contribution in [1.82, 2.24) is 19.1 Å². The summed E-state index contributed by atoms with van der Waals surface area (Å²) in [4.78, 5) is 30.3. The van der Waals surface area contributed by atoms with Crippen LogP contribution in [0.5, 0.6) is 0 Å². The van der Waals surface area contributed by atoms with Crippen molar-refractivity contribution < 1.29 is 0 Å². The summed E-state index contributed by atoms with van der Waals surface area (Å²) in [6, 6.07) is -0.0743. The van der Waals surface area contributed by atoms with Gasteiger partial charge in [-0.25, -0.2) is 9.80 Å². The van der Waals surface area contributed by atoms with Gasteiger partial charge in [-0.1, -0.05) is 0 Å². The number of nitrogens with one attached hydrogen (secondary N) is 1. The van der Waals surface area contributed by atoms with E-state index in [2.05, 4.69) is 15.1 Å². The quantitative estimate of drug-likeness (QED) is 0.712. The van der Waals surface area contributed by atoms with Crippen LogP contribution in [-0.4, -0.2) is 31.9 Å². The van der Waals surface area contributed by atoms with Crippen LogP contribution in [0.2, 0.25) is 0 Å². The summed E-state index contributed by atoms with van der Waals surface area (Å²) in [5.74, 6) is 0.555. The van der Waals surface area contributed by atoms with E-state index in [1.165, 1.54) is 4.57 Å². The highest BCUT2D eigenvalue weighted by molar-refractivity contribution is 5.90. The van der Waals surface area contributed by atoms with Crippen LogP contribution in [-0.2, 0) is 7.05 Å². The number of aromatic nitrogens is 4. The van der Waals surface area contributed by atoms with E-state index in [4.69, 9.17) is 0 Å². The lowest BCUT2D eigenvalue weighted by molar-refractivity contribution is 0.662. The van der Waals surface area contributed by atoms with Crippen molar-refractivity contribution in [3.63, 3.8) is 0 Å². The Labute approximate surface area is 108 Å². The van der Waals surface area contributed by atoms with Gasteiger partial charge in [0.2, 0.25) is 5.95 Å². The smallest absolute Gasteiger partial charge is 0.294 e. The van der Waals surface area contributed by atoms with Crippen molar-refractivity contribution in [3.05, 3.63) is 20.8 Å². The van der Waals surface area contributed by atoms with Gasteiger partial charge in [-0.3, -0.25) is 18.9 Å². The Hall–Kier alpha value is -2.38. The Kier molecular flexibility index (Phi) is 2.19. The fourth-order valence-electron chi connectivity index (χ4n) is 2.34. The molecule has 0 spiro atoms. The zero-order valence-electron chi connectivity index (χ0n) is 11.1. The molecule has 0 radical (unpaired) electrons. The fourth-order valence-corrected chi connectivity index (χ4v) is 2.34. The van der Waals surface area contributed by atoms with E-state index in [1.54, 1.807) is 23.7 Å². The minimum absolute atomic E-state index is 0.0743. The molecule has 0 aromatic carbocycles. The van der Waals surface area contributed by atoms with Crippen LogP contribution in [0.15, 0.2) is 14.7 Å². The van der Waals surface area contributed by atoms with Gasteiger partial charge in [-0.15, -0.1) is 0 Å². The van der Waals surface area contributed by atoms with Gasteiger partial charge < -0.3 is 0 Å². The Bertz CT molecular complexity index is 824. The molecular weight excluding hydrogens is 248 g/mol. The van der Waals surface area contributed by atoms with Gasteiger partial charge in [0, 0.05) is 14.1 Å². The van der Waals surface area contributed by atoms with E-state index in [-0.39, 0.29) is 6.04 Å². The lowest BCUT2D eigenvalue weighted by Gasteiger charge is -2.26. The van der Waals surface area contributed by atoms with Crippen molar-refractivity contribution in [2.75, 3.05) is 12.1 Å². The minimum atomic E-state index is -0.471. The number of hydrogen-bond donors (Lipinski definition) is 1. The third-order valence-corrected chi connectivity index (χ3v) is 3.52. The molecule has 3 heterocycles. The average Bonchev–Trinajstić information content (AvgIpc) is 2.75. The largest absolute Gasteiger partial charge is 0.329 e. The number of hydrogen-bond acceptors (Lipinski definition) is 5. The van der Waals surface area contributed by atoms with Gasteiger partial charge in [0.25, 0.3) is 5.56 Å². The maximum absolute atomic E-state index is 12.1. The first-order valence-electron chi connectivity index (χ1n) is 5.92. The molecule has 100 valence electrons. The summed E-state index contributed by atoms with van der Waals surface area (Å²) >= 11 is 0. The van der Waals surface area contributed by atoms with Crippen LogP contribution in [0.25, 0.3) is 11.2 Å². The number of H-pyrrole nitrogens is 1. The molecule has 0 fully saturated rings. The molecule has 1 unspecified atom stereocenters. The summed E-state index contributed by atoms with van der Waals surface area (Å²) in [6.45, 7) is 3.84. The number of aromatic amines is 1. The van der Waals surface area contributed by atoms with Crippen LogP contribution >= 0.6 is 0 Å². The second-order valence-electron chi connectivity index (χ2n) is 4.71. The molecule has 3 rings (SSSR count). The topological polar surface area (TPSA) is 88.3 Å². The molecule has 8 nitrogen and oxygen atoms in total. The van der Waals surface area contributed by atoms with Crippen molar-refractivity contribution in [2.24, 2.45) is 12.1 Å². The number of aryl methyl sites for hydroxylation is 1.